The predicted molar refractivity (Wildman–Crippen MR) is 68.2 cm³/mol. The smallest absolute Gasteiger partial charge is 0.179 e. The van der Waals surface area contributed by atoms with Gasteiger partial charge in [0.05, 0.1) is 6.04 Å². The first-order valence-corrected chi connectivity index (χ1v) is 5.69. The third-order valence-electron chi connectivity index (χ3n) is 3.44. The summed E-state index contributed by atoms with van der Waals surface area (Å²) in [5.74, 6) is 0.185. The maximum Gasteiger partial charge on any atom is 0.179 e. The van der Waals surface area contributed by atoms with Crippen LogP contribution in [-0.4, -0.2) is 18.9 Å². The van der Waals surface area contributed by atoms with Gasteiger partial charge in [-0.15, -0.1) is 0 Å². The molecule has 1 aromatic carbocycles. The average molecular weight is 219 g/mol. The van der Waals surface area contributed by atoms with Gasteiger partial charge in [0.15, 0.2) is 5.78 Å². The first kappa shape index (κ1) is 12.9. The Kier molecular flexibility index (Phi) is 3.87. The van der Waals surface area contributed by atoms with Crippen molar-refractivity contribution in [1.82, 2.24) is 5.32 Å². The fraction of sp³-hybridized carbons (Fsp3) is 0.500. The van der Waals surface area contributed by atoms with Crippen molar-refractivity contribution in [2.24, 2.45) is 0 Å². The SMILES string of the molecule is CNC(C)C(=O)c1c(C)c(C)cc(C)c1C. The molecule has 0 bridgehead atoms. The summed E-state index contributed by atoms with van der Waals surface area (Å²) in [6.45, 7) is 10.1. The Morgan fingerprint density at radius 3 is 1.94 bits per heavy atom. The molecule has 0 aliphatic carbocycles. The Bertz CT molecular complexity index is 395. The van der Waals surface area contributed by atoms with Crippen LogP contribution in [0.3, 0.4) is 0 Å². The van der Waals surface area contributed by atoms with Crippen LogP contribution >= 0.6 is 0 Å². The van der Waals surface area contributed by atoms with Crippen molar-refractivity contribution in [3.8, 4) is 0 Å². The topological polar surface area (TPSA) is 29.1 Å². The summed E-state index contributed by atoms with van der Waals surface area (Å²) < 4.78 is 0. The number of carbonyl (C=O) groups excluding carboxylic acids is 1. The molecule has 1 rings (SSSR count). The zero-order valence-electron chi connectivity index (χ0n) is 11.1. The number of nitrogens with one attached hydrogen (secondary N) is 1. The molecule has 0 radical (unpaired) electrons. The van der Waals surface area contributed by atoms with E-state index in [2.05, 4.69) is 25.2 Å². The summed E-state index contributed by atoms with van der Waals surface area (Å²) >= 11 is 0. The molecule has 0 aliphatic rings. The number of ketones is 1. The number of aryl methyl sites for hydroxylation is 2. The van der Waals surface area contributed by atoms with Crippen molar-refractivity contribution in [1.29, 1.82) is 0 Å². The highest BCUT2D eigenvalue weighted by atomic mass is 16.1. The van der Waals surface area contributed by atoms with Crippen molar-refractivity contribution >= 4 is 5.78 Å². The molecular weight excluding hydrogens is 198 g/mol. The van der Waals surface area contributed by atoms with Crippen LogP contribution in [0.5, 0.6) is 0 Å². The molecular formula is C14H21NO. The van der Waals surface area contributed by atoms with Crippen LogP contribution in [0.1, 0.15) is 39.5 Å². The molecule has 0 amide bonds. The van der Waals surface area contributed by atoms with E-state index in [0.29, 0.717) is 0 Å². The number of rotatable bonds is 3. The summed E-state index contributed by atoms with van der Waals surface area (Å²) in [4.78, 5) is 12.3. The molecule has 2 heteroatoms. The number of Topliss-reactive ketones (excluding diaryl/α,β-unsaturated/α-hetero) is 1. The highest BCUT2D eigenvalue weighted by molar-refractivity contribution is 6.02. The van der Waals surface area contributed by atoms with Crippen molar-refractivity contribution < 1.29 is 4.79 Å². The van der Waals surface area contributed by atoms with E-state index in [1.807, 2.05) is 27.8 Å². The standard InChI is InChI=1S/C14H21NO/c1-8-7-9(2)11(4)13(10(8)3)14(16)12(5)15-6/h7,12,15H,1-6H3. The summed E-state index contributed by atoms with van der Waals surface area (Å²) in [6.07, 6.45) is 0. The second kappa shape index (κ2) is 4.79. The average Bonchev–Trinajstić information content (AvgIpc) is 2.25. The van der Waals surface area contributed by atoms with Gasteiger partial charge in [0.25, 0.3) is 0 Å². The first-order valence-electron chi connectivity index (χ1n) is 5.69. The molecule has 1 atom stereocenters. The van der Waals surface area contributed by atoms with E-state index in [9.17, 15) is 4.79 Å². The molecule has 16 heavy (non-hydrogen) atoms. The van der Waals surface area contributed by atoms with Gasteiger partial charge in [0.1, 0.15) is 0 Å². The normalized spacial score (nSPS) is 12.6. The Morgan fingerprint density at radius 1 is 1.12 bits per heavy atom. The number of benzene rings is 1. The maximum atomic E-state index is 12.3. The maximum absolute atomic E-state index is 12.3. The molecule has 1 aromatic rings. The number of hydrogen-bond acceptors (Lipinski definition) is 2. The highest BCUT2D eigenvalue weighted by Crippen LogP contribution is 2.22. The van der Waals surface area contributed by atoms with E-state index in [-0.39, 0.29) is 11.8 Å². The monoisotopic (exact) mass is 219 g/mol. The summed E-state index contributed by atoms with van der Waals surface area (Å²) in [6, 6.07) is 2.02. The van der Waals surface area contributed by atoms with Crippen LogP contribution in [0.25, 0.3) is 0 Å². The zero-order valence-corrected chi connectivity index (χ0v) is 11.1. The zero-order chi connectivity index (χ0) is 12.5. The van der Waals surface area contributed by atoms with Crippen molar-refractivity contribution in [3.05, 3.63) is 33.9 Å². The van der Waals surface area contributed by atoms with Crippen LogP contribution in [-0.2, 0) is 0 Å². The minimum atomic E-state index is -0.126. The highest BCUT2D eigenvalue weighted by Gasteiger charge is 2.19. The van der Waals surface area contributed by atoms with Gasteiger partial charge in [-0.05, 0) is 63.9 Å². The minimum Gasteiger partial charge on any atom is -0.310 e. The predicted octanol–water partition coefficient (Wildman–Crippen LogP) is 2.71. The van der Waals surface area contributed by atoms with E-state index in [1.54, 1.807) is 0 Å². The molecule has 0 heterocycles. The molecule has 1 N–H and O–H groups in total. The van der Waals surface area contributed by atoms with Crippen LogP contribution in [0.4, 0.5) is 0 Å². The van der Waals surface area contributed by atoms with E-state index in [1.165, 1.54) is 11.1 Å². The van der Waals surface area contributed by atoms with Crippen LogP contribution in [0, 0.1) is 27.7 Å². The summed E-state index contributed by atoms with van der Waals surface area (Å²) in [5, 5.41) is 3.01. The van der Waals surface area contributed by atoms with Gasteiger partial charge >= 0.3 is 0 Å². The lowest BCUT2D eigenvalue weighted by Gasteiger charge is -2.17. The molecule has 0 spiro atoms. The lowest BCUT2D eigenvalue weighted by molar-refractivity contribution is 0.0953. The van der Waals surface area contributed by atoms with Crippen LogP contribution < -0.4 is 5.32 Å². The van der Waals surface area contributed by atoms with Crippen molar-refractivity contribution in [2.75, 3.05) is 7.05 Å². The van der Waals surface area contributed by atoms with Crippen molar-refractivity contribution in [3.63, 3.8) is 0 Å². The Morgan fingerprint density at radius 2 is 1.56 bits per heavy atom. The van der Waals surface area contributed by atoms with E-state index < -0.39 is 0 Å². The van der Waals surface area contributed by atoms with E-state index in [4.69, 9.17) is 0 Å². The van der Waals surface area contributed by atoms with Gasteiger partial charge in [-0.25, -0.2) is 0 Å². The third-order valence-corrected chi connectivity index (χ3v) is 3.44. The Hall–Kier alpha value is -1.15. The fourth-order valence-electron chi connectivity index (χ4n) is 1.93. The first-order chi connectivity index (χ1) is 7.40. The third kappa shape index (κ3) is 2.17. The number of likely N-dealkylation sites (N-methyl/N-ethyl adjacent to an activating group) is 1. The Balaban J connectivity index is 3.38. The molecule has 2 nitrogen and oxygen atoms in total. The minimum absolute atomic E-state index is 0.126. The molecule has 88 valence electrons. The molecule has 0 saturated carbocycles. The second-order valence-corrected chi connectivity index (χ2v) is 4.51. The quantitative estimate of drug-likeness (QED) is 0.792. The number of carbonyl (C=O) groups is 1. The molecule has 1 unspecified atom stereocenters. The molecule has 0 saturated heterocycles. The van der Waals surface area contributed by atoms with Crippen LogP contribution in [0.15, 0.2) is 6.07 Å². The molecule has 0 aliphatic heterocycles. The lowest BCUT2D eigenvalue weighted by atomic mass is 9.90. The van der Waals surface area contributed by atoms with Gasteiger partial charge in [-0.1, -0.05) is 6.07 Å². The van der Waals surface area contributed by atoms with E-state index >= 15 is 0 Å². The van der Waals surface area contributed by atoms with Gasteiger partial charge in [-0.2, -0.15) is 0 Å². The van der Waals surface area contributed by atoms with Gasteiger partial charge in [0.2, 0.25) is 0 Å². The molecule has 0 fully saturated rings. The van der Waals surface area contributed by atoms with Gasteiger partial charge in [0, 0.05) is 5.56 Å². The van der Waals surface area contributed by atoms with E-state index in [0.717, 1.165) is 16.7 Å². The second-order valence-electron chi connectivity index (χ2n) is 4.51. The lowest BCUT2D eigenvalue weighted by Crippen LogP contribution is -2.32. The largest absolute Gasteiger partial charge is 0.310 e. The van der Waals surface area contributed by atoms with Crippen molar-refractivity contribution in [2.45, 2.75) is 40.7 Å². The van der Waals surface area contributed by atoms with Gasteiger partial charge < -0.3 is 5.32 Å². The molecule has 0 aromatic heterocycles. The van der Waals surface area contributed by atoms with Crippen LogP contribution in [0.2, 0.25) is 0 Å². The summed E-state index contributed by atoms with van der Waals surface area (Å²) in [5.41, 5.74) is 5.48. The fourth-order valence-corrected chi connectivity index (χ4v) is 1.93. The Labute approximate surface area is 98.1 Å². The number of hydrogen-bond donors (Lipinski definition) is 1. The summed E-state index contributed by atoms with van der Waals surface area (Å²) in [7, 11) is 1.82. The van der Waals surface area contributed by atoms with Gasteiger partial charge in [-0.3, -0.25) is 4.79 Å².